The third-order valence-electron chi connectivity index (χ3n) is 2.66. The van der Waals surface area contributed by atoms with Gasteiger partial charge in [0, 0.05) is 0 Å². The first-order valence-corrected chi connectivity index (χ1v) is 6.88. The monoisotopic (exact) mass is 288 g/mol. The van der Waals surface area contributed by atoms with Gasteiger partial charge in [-0.1, -0.05) is 30.3 Å². The number of hydrogen-bond donors (Lipinski definition) is 0. The summed E-state index contributed by atoms with van der Waals surface area (Å²) in [7, 11) is 0. The Bertz CT molecular complexity index is 506. The Kier molecular flexibility index (Phi) is 6.95. The maximum absolute atomic E-state index is 11.8. The summed E-state index contributed by atoms with van der Waals surface area (Å²) in [5.74, 6) is -1.35. The van der Waals surface area contributed by atoms with E-state index >= 15 is 0 Å². The zero-order valence-electron chi connectivity index (χ0n) is 12.4. The molecule has 0 aliphatic rings. The van der Waals surface area contributed by atoms with E-state index in [1.54, 1.807) is 13.8 Å². The lowest BCUT2D eigenvalue weighted by atomic mass is 10.1. The van der Waals surface area contributed by atoms with E-state index in [2.05, 4.69) is 6.58 Å². The van der Waals surface area contributed by atoms with Gasteiger partial charge in [-0.25, -0.2) is 9.59 Å². The quantitative estimate of drug-likeness (QED) is 0.254. The third kappa shape index (κ3) is 5.26. The Morgan fingerprint density at radius 3 is 2.00 bits per heavy atom. The normalized spacial score (nSPS) is 9.62. The van der Waals surface area contributed by atoms with Gasteiger partial charge in [-0.2, -0.15) is 0 Å². The van der Waals surface area contributed by atoms with E-state index in [0.29, 0.717) is 0 Å². The van der Waals surface area contributed by atoms with Crippen molar-refractivity contribution in [3.8, 4) is 0 Å². The zero-order valence-corrected chi connectivity index (χ0v) is 12.4. The van der Waals surface area contributed by atoms with Crippen LogP contribution < -0.4 is 0 Å². The van der Waals surface area contributed by atoms with Gasteiger partial charge < -0.3 is 9.47 Å². The molecule has 1 aromatic carbocycles. The summed E-state index contributed by atoms with van der Waals surface area (Å²) in [4.78, 5) is 23.7. The second kappa shape index (κ2) is 8.74. The number of benzene rings is 1. The molecule has 1 rings (SSSR count). The fraction of sp³-hybridized carbons (Fsp3) is 0.294. The second-order valence-corrected chi connectivity index (χ2v) is 4.23. The number of esters is 2. The first-order chi connectivity index (χ1) is 10.1. The van der Waals surface area contributed by atoms with E-state index in [9.17, 15) is 9.59 Å². The van der Waals surface area contributed by atoms with Gasteiger partial charge in [0.2, 0.25) is 0 Å². The van der Waals surface area contributed by atoms with Crippen molar-refractivity contribution in [3.05, 3.63) is 53.6 Å². The molecule has 0 fully saturated rings. The lowest BCUT2D eigenvalue weighted by Gasteiger charge is -2.07. The van der Waals surface area contributed by atoms with Crippen LogP contribution in [0.5, 0.6) is 0 Å². The number of carbonyl (C=O) groups excluding carboxylic acids is 2. The Labute approximate surface area is 125 Å². The molecule has 0 radical (unpaired) electrons. The molecule has 112 valence electrons. The summed E-state index contributed by atoms with van der Waals surface area (Å²) < 4.78 is 9.77. The fourth-order valence-electron chi connectivity index (χ4n) is 1.70. The second-order valence-electron chi connectivity index (χ2n) is 4.23. The van der Waals surface area contributed by atoms with Crippen molar-refractivity contribution in [1.29, 1.82) is 0 Å². The fourth-order valence-corrected chi connectivity index (χ4v) is 1.70. The lowest BCUT2D eigenvalue weighted by molar-refractivity contribution is -0.146. The van der Waals surface area contributed by atoms with Crippen LogP contribution in [-0.2, 0) is 25.5 Å². The number of hydrogen-bond acceptors (Lipinski definition) is 4. The molecule has 0 aliphatic heterocycles. The van der Waals surface area contributed by atoms with E-state index in [4.69, 9.17) is 9.47 Å². The average Bonchev–Trinajstić information content (AvgIpc) is 2.47. The molecular formula is C17H20O4. The van der Waals surface area contributed by atoms with Gasteiger partial charge in [0.1, 0.15) is 5.57 Å². The van der Waals surface area contributed by atoms with Crippen LogP contribution in [0.25, 0.3) is 6.08 Å². The molecular weight excluding hydrogens is 268 g/mol. The van der Waals surface area contributed by atoms with Gasteiger partial charge in [0.05, 0.1) is 13.2 Å². The van der Waals surface area contributed by atoms with Gasteiger partial charge in [-0.05, 0) is 37.5 Å². The first kappa shape index (κ1) is 16.7. The highest BCUT2D eigenvalue weighted by Crippen LogP contribution is 2.12. The molecule has 4 nitrogen and oxygen atoms in total. The molecule has 0 spiro atoms. The minimum Gasteiger partial charge on any atom is -0.462 e. The van der Waals surface area contributed by atoms with Gasteiger partial charge in [0.15, 0.2) is 0 Å². The number of carbonyl (C=O) groups is 2. The van der Waals surface area contributed by atoms with Crippen LogP contribution in [0.15, 0.2) is 42.5 Å². The van der Waals surface area contributed by atoms with Crippen molar-refractivity contribution in [3.63, 3.8) is 0 Å². The molecule has 0 saturated carbocycles. The maximum atomic E-state index is 11.8. The highest BCUT2D eigenvalue weighted by atomic mass is 16.6. The van der Waals surface area contributed by atoms with Crippen LogP contribution in [0.2, 0.25) is 0 Å². The Morgan fingerprint density at radius 2 is 1.57 bits per heavy atom. The molecule has 4 heteroatoms. The molecule has 0 heterocycles. The summed E-state index contributed by atoms with van der Waals surface area (Å²) in [6, 6.07) is 7.50. The van der Waals surface area contributed by atoms with Crippen molar-refractivity contribution in [1.82, 2.24) is 0 Å². The first-order valence-electron chi connectivity index (χ1n) is 6.88. The van der Waals surface area contributed by atoms with Gasteiger partial charge in [-0.3, -0.25) is 0 Å². The highest BCUT2D eigenvalue weighted by Gasteiger charge is 2.20. The molecule has 1 aromatic rings. The van der Waals surface area contributed by atoms with E-state index in [1.807, 2.05) is 30.3 Å². The molecule has 0 atom stereocenters. The Balaban J connectivity index is 3.02. The number of rotatable bonds is 7. The molecule has 0 aliphatic carbocycles. The van der Waals surface area contributed by atoms with Crippen LogP contribution in [0.1, 0.15) is 25.0 Å². The topological polar surface area (TPSA) is 52.6 Å². The predicted octanol–water partition coefficient (Wildman–Crippen LogP) is 2.92. The van der Waals surface area contributed by atoms with Crippen molar-refractivity contribution in [2.45, 2.75) is 20.3 Å². The minimum atomic E-state index is -0.675. The van der Waals surface area contributed by atoms with E-state index in [-0.39, 0.29) is 18.8 Å². The third-order valence-corrected chi connectivity index (χ3v) is 2.66. The van der Waals surface area contributed by atoms with Crippen LogP contribution in [0.3, 0.4) is 0 Å². The molecule has 0 bridgehead atoms. The summed E-state index contributed by atoms with van der Waals surface area (Å²) in [5, 5.41) is 0. The highest BCUT2D eigenvalue weighted by molar-refractivity contribution is 6.17. The van der Waals surface area contributed by atoms with Crippen LogP contribution >= 0.6 is 0 Å². The van der Waals surface area contributed by atoms with Crippen LogP contribution in [0.4, 0.5) is 0 Å². The van der Waals surface area contributed by atoms with E-state index in [0.717, 1.165) is 17.5 Å². The Hall–Kier alpha value is -2.36. The molecule has 0 amide bonds. The van der Waals surface area contributed by atoms with E-state index < -0.39 is 11.9 Å². The van der Waals surface area contributed by atoms with E-state index in [1.165, 1.54) is 6.08 Å². The van der Waals surface area contributed by atoms with Gasteiger partial charge in [-0.15, -0.1) is 6.58 Å². The predicted molar refractivity (Wildman–Crippen MR) is 81.6 cm³/mol. The molecule has 0 N–H and O–H groups in total. The summed E-state index contributed by atoms with van der Waals surface area (Å²) in [6.07, 6.45) is 4.06. The zero-order chi connectivity index (χ0) is 15.7. The summed E-state index contributed by atoms with van der Waals surface area (Å²) in [5.41, 5.74) is 1.74. The number of ether oxygens (including phenoxy) is 2. The van der Waals surface area contributed by atoms with Crippen molar-refractivity contribution in [2.24, 2.45) is 0 Å². The van der Waals surface area contributed by atoms with Crippen molar-refractivity contribution < 1.29 is 19.1 Å². The summed E-state index contributed by atoms with van der Waals surface area (Å²) >= 11 is 0. The largest absolute Gasteiger partial charge is 0.462 e. The van der Waals surface area contributed by atoms with Crippen LogP contribution in [-0.4, -0.2) is 25.2 Å². The van der Waals surface area contributed by atoms with Gasteiger partial charge in [0.25, 0.3) is 0 Å². The molecule has 0 unspecified atom stereocenters. The molecule has 0 aromatic heterocycles. The number of allylic oxidation sites excluding steroid dienone is 1. The minimum absolute atomic E-state index is 0.102. The van der Waals surface area contributed by atoms with Crippen LogP contribution in [0, 0.1) is 0 Å². The standard InChI is InChI=1S/C17H20O4/c1-4-7-13-8-10-14(11-9-13)12-15(16(18)20-5-2)17(19)21-6-3/h4,8-12H,1,5-7H2,2-3H3. The SMILES string of the molecule is C=CCc1ccc(C=C(C(=O)OCC)C(=O)OCC)cc1. The Morgan fingerprint density at radius 1 is 1.05 bits per heavy atom. The summed E-state index contributed by atoms with van der Waals surface area (Å²) in [6.45, 7) is 7.45. The molecule has 21 heavy (non-hydrogen) atoms. The maximum Gasteiger partial charge on any atom is 0.345 e. The van der Waals surface area contributed by atoms with Crippen molar-refractivity contribution >= 4 is 18.0 Å². The molecule has 0 saturated heterocycles. The lowest BCUT2D eigenvalue weighted by Crippen LogP contribution is -2.18. The smallest absolute Gasteiger partial charge is 0.345 e. The van der Waals surface area contributed by atoms with Gasteiger partial charge >= 0.3 is 11.9 Å². The van der Waals surface area contributed by atoms with Crippen molar-refractivity contribution in [2.75, 3.05) is 13.2 Å². The average molecular weight is 288 g/mol.